The second kappa shape index (κ2) is 10.4. The summed E-state index contributed by atoms with van der Waals surface area (Å²) in [6.45, 7) is 1.17. The summed E-state index contributed by atoms with van der Waals surface area (Å²) in [4.78, 5) is 11.0. The highest BCUT2D eigenvalue weighted by molar-refractivity contribution is 5.67. The molecule has 162 valence electrons. The minimum atomic E-state index is -0.810. The molecule has 0 aliphatic carbocycles. The molecule has 4 rings (SSSR count). The van der Waals surface area contributed by atoms with Crippen LogP contribution in [-0.2, 0) is 24.2 Å². The normalized spacial score (nSPS) is 10.8. The van der Waals surface area contributed by atoms with Crippen molar-refractivity contribution in [1.82, 2.24) is 9.78 Å². The van der Waals surface area contributed by atoms with Gasteiger partial charge in [-0.25, -0.2) is 0 Å². The van der Waals surface area contributed by atoms with E-state index in [1.807, 2.05) is 53.3 Å². The topological polar surface area (TPSA) is 64.3 Å². The molecule has 1 aromatic heterocycles. The first-order valence-electron chi connectivity index (χ1n) is 10.8. The number of rotatable bonds is 10. The molecule has 0 unspecified atom stereocenters. The van der Waals surface area contributed by atoms with Gasteiger partial charge in [-0.2, -0.15) is 5.10 Å². The van der Waals surface area contributed by atoms with Crippen LogP contribution in [0.15, 0.2) is 91.3 Å². The monoisotopic (exact) mass is 426 g/mol. The Bertz CT molecular complexity index is 1140. The summed E-state index contributed by atoms with van der Waals surface area (Å²) in [5, 5.41) is 13.3. The summed E-state index contributed by atoms with van der Waals surface area (Å²) in [6, 6.07) is 26.7. The van der Waals surface area contributed by atoms with E-state index in [0.717, 1.165) is 23.3 Å². The Morgan fingerprint density at radius 3 is 2.34 bits per heavy atom. The van der Waals surface area contributed by atoms with Crippen LogP contribution < -0.4 is 4.74 Å². The van der Waals surface area contributed by atoms with Crippen molar-refractivity contribution < 1.29 is 14.6 Å². The number of hydrogen-bond donors (Lipinski definition) is 1. The maximum absolute atomic E-state index is 11.0. The molecule has 1 heterocycles. The van der Waals surface area contributed by atoms with Gasteiger partial charge in [0.2, 0.25) is 0 Å². The van der Waals surface area contributed by atoms with Gasteiger partial charge in [0, 0.05) is 25.2 Å². The van der Waals surface area contributed by atoms with E-state index in [1.165, 1.54) is 16.7 Å². The van der Waals surface area contributed by atoms with E-state index in [1.54, 1.807) is 6.20 Å². The number of carboxylic acids is 1. The Balaban J connectivity index is 1.41. The largest absolute Gasteiger partial charge is 0.493 e. The average molecular weight is 427 g/mol. The number of benzene rings is 3. The lowest BCUT2D eigenvalue weighted by atomic mass is 10.0. The van der Waals surface area contributed by atoms with Gasteiger partial charge in [0.1, 0.15) is 5.75 Å². The molecule has 0 aliphatic heterocycles. The Kier molecular flexibility index (Phi) is 6.98. The van der Waals surface area contributed by atoms with E-state index in [9.17, 15) is 4.79 Å². The summed E-state index contributed by atoms with van der Waals surface area (Å²) in [7, 11) is 0. The van der Waals surface area contributed by atoms with Gasteiger partial charge in [-0.1, -0.05) is 66.7 Å². The molecule has 0 saturated carbocycles. The van der Waals surface area contributed by atoms with Crippen molar-refractivity contribution in [3.05, 3.63) is 108 Å². The summed E-state index contributed by atoms with van der Waals surface area (Å²) >= 11 is 0. The van der Waals surface area contributed by atoms with Gasteiger partial charge in [-0.05, 0) is 46.4 Å². The molecule has 0 saturated heterocycles. The van der Waals surface area contributed by atoms with Crippen LogP contribution in [0.3, 0.4) is 0 Å². The quantitative estimate of drug-likeness (QED) is 0.377. The van der Waals surface area contributed by atoms with Crippen LogP contribution in [-0.4, -0.2) is 27.5 Å². The number of aryl methyl sites for hydroxylation is 1. The summed E-state index contributed by atoms with van der Waals surface area (Å²) in [6.07, 6.45) is 4.96. The molecule has 32 heavy (non-hydrogen) atoms. The third-order valence-corrected chi connectivity index (χ3v) is 5.35. The van der Waals surface area contributed by atoms with Crippen LogP contribution in [0.2, 0.25) is 0 Å². The van der Waals surface area contributed by atoms with E-state index in [-0.39, 0.29) is 6.42 Å². The van der Waals surface area contributed by atoms with Gasteiger partial charge in [0.25, 0.3) is 0 Å². The van der Waals surface area contributed by atoms with Crippen LogP contribution >= 0.6 is 0 Å². The molecule has 0 spiro atoms. The van der Waals surface area contributed by atoms with Crippen LogP contribution in [0.5, 0.6) is 5.75 Å². The lowest BCUT2D eigenvalue weighted by molar-refractivity contribution is -0.136. The summed E-state index contributed by atoms with van der Waals surface area (Å²) < 4.78 is 7.98. The minimum Gasteiger partial charge on any atom is -0.493 e. The second-order valence-electron chi connectivity index (χ2n) is 7.70. The van der Waals surface area contributed by atoms with Crippen LogP contribution in [0, 0.1) is 0 Å². The Labute approximate surface area is 187 Å². The molecule has 0 radical (unpaired) electrons. The van der Waals surface area contributed by atoms with Crippen molar-refractivity contribution in [1.29, 1.82) is 0 Å². The predicted octanol–water partition coefficient (Wildman–Crippen LogP) is 5.24. The molecule has 5 nitrogen and oxygen atoms in total. The van der Waals surface area contributed by atoms with E-state index in [0.29, 0.717) is 19.6 Å². The Morgan fingerprint density at radius 2 is 1.62 bits per heavy atom. The highest BCUT2D eigenvalue weighted by Gasteiger charge is 2.09. The summed E-state index contributed by atoms with van der Waals surface area (Å²) in [5.41, 5.74) is 5.57. The van der Waals surface area contributed by atoms with Crippen LogP contribution in [0.1, 0.15) is 23.1 Å². The van der Waals surface area contributed by atoms with Crippen molar-refractivity contribution >= 4 is 5.97 Å². The second-order valence-corrected chi connectivity index (χ2v) is 7.70. The van der Waals surface area contributed by atoms with Crippen LogP contribution in [0.25, 0.3) is 11.1 Å². The fourth-order valence-electron chi connectivity index (χ4n) is 3.63. The number of carboxylic acid groups (broad SMARTS) is 1. The van der Waals surface area contributed by atoms with Gasteiger partial charge in [0.05, 0.1) is 13.2 Å². The first-order chi connectivity index (χ1) is 15.7. The summed E-state index contributed by atoms with van der Waals surface area (Å²) in [5.74, 6) is -0.0631. The Morgan fingerprint density at radius 1 is 0.875 bits per heavy atom. The number of nitrogens with zero attached hydrogens (tertiary/aromatic N) is 2. The highest BCUT2D eigenvalue weighted by Crippen LogP contribution is 2.24. The molecule has 0 fully saturated rings. The van der Waals surface area contributed by atoms with E-state index in [4.69, 9.17) is 9.84 Å². The number of carbonyl (C=O) groups is 1. The van der Waals surface area contributed by atoms with Gasteiger partial charge >= 0.3 is 5.97 Å². The molecular formula is C27H26N2O3. The standard InChI is InChI=1S/C27H26N2O3/c30-27(31)14-13-25-12-9-22(20-29-17-4-16-28-29)19-26(25)32-18-15-21-7-10-24(11-8-21)23-5-2-1-3-6-23/h1-12,16-17,19H,13-15,18,20H2,(H,30,31). The maximum Gasteiger partial charge on any atom is 0.303 e. The number of hydrogen-bond acceptors (Lipinski definition) is 3. The number of ether oxygens (including phenoxy) is 1. The average Bonchev–Trinajstić information content (AvgIpc) is 3.32. The molecule has 0 aliphatic rings. The Hall–Kier alpha value is -3.86. The zero-order chi connectivity index (χ0) is 22.2. The zero-order valence-corrected chi connectivity index (χ0v) is 17.9. The lowest BCUT2D eigenvalue weighted by Crippen LogP contribution is -2.07. The van der Waals surface area contributed by atoms with Gasteiger partial charge < -0.3 is 9.84 Å². The van der Waals surface area contributed by atoms with Crippen molar-refractivity contribution in [2.45, 2.75) is 25.8 Å². The third kappa shape index (κ3) is 5.85. The molecular weight excluding hydrogens is 400 g/mol. The minimum absolute atomic E-state index is 0.0792. The first-order valence-corrected chi connectivity index (χ1v) is 10.8. The maximum atomic E-state index is 11.0. The molecule has 4 aromatic rings. The fraction of sp³-hybridized carbons (Fsp3) is 0.185. The number of aromatic nitrogens is 2. The number of aliphatic carboxylic acids is 1. The van der Waals surface area contributed by atoms with E-state index < -0.39 is 5.97 Å². The van der Waals surface area contributed by atoms with Crippen molar-refractivity contribution in [3.8, 4) is 16.9 Å². The molecule has 0 atom stereocenters. The third-order valence-electron chi connectivity index (χ3n) is 5.35. The first kappa shape index (κ1) is 21.4. The van der Waals surface area contributed by atoms with Crippen molar-refractivity contribution in [2.75, 3.05) is 6.61 Å². The van der Waals surface area contributed by atoms with Crippen molar-refractivity contribution in [2.24, 2.45) is 0 Å². The van der Waals surface area contributed by atoms with E-state index >= 15 is 0 Å². The van der Waals surface area contributed by atoms with Crippen LogP contribution in [0.4, 0.5) is 0 Å². The SMILES string of the molecule is O=C(O)CCc1ccc(Cn2cccn2)cc1OCCc1ccc(-c2ccccc2)cc1. The fourth-order valence-corrected chi connectivity index (χ4v) is 3.63. The van der Waals surface area contributed by atoms with E-state index in [2.05, 4.69) is 41.5 Å². The van der Waals surface area contributed by atoms with Gasteiger partial charge in [0.15, 0.2) is 0 Å². The molecule has 3 aromatic carbocycles. The molecule has 0 amide bonds. The van der Waals surface area contributed by atoms with Gasteiger partial charge in [-0.3, -0.25) is 9.48 Å². The molecule has 0 bridgehead atoms. The molecule has 5 heteroatoms. The van der Waals surface area contributed by atoms with Crippen molar-refractivity contribution in [3.63, 3.8) is 0 Å². The molecule has 1 N–H and O–H groups in total. The van der Waals surface area contributed by atoms with Gasteiger partial charge in [-0.15, -0.1) is 0 Å². The zero-order valence-electron chi connectivity index (χ0n) is 17.9. The predicted molar refractivity (Wildman–Crippen MR) is 125 cm³/mol. The lowest BCUT2D eigenvalue weighted by Gasteiger charge is -2.14. The highest BCUT2D eigenvalue weighted by atomic mass is 16.5. The smallest absolute Gasteiger partial charge is 0.303 e.